The van der Waals surface area contributed by atoms with Gasteiger partial charge in [-0.1, -0.05) is 55.5 Å². The zero-order valence-corrected chi connectivity index (χ0v) is 26.8. The first-order chi connectivity index (χ1) is 19.0. The fourth-order valence-corrected chi connectivity index (χ4v) is 6.13. The van der Waals surface area contributed by atoms with Crippen LogP contribution in [0.5, 0.6) is 0 Å². The monoisotopic (exact) mass is 562 g/mol. The van der Waals surface area contributed by atoms with E-state index in [2.05, 4.69) is 111 Å². The Balaban J connectivity index is 1.30. The quantitative estimate of drug-likeness (QED) is 0.322. The molecule has 2 aromatic rings. The minimum Gasteiger partial charge on any atom is -0.399 e. The summed E-state index contributed by atoms with van der Waals surface area (Å²) < 4.78 is 36.9. The number of hydrogen-bond donors (Lipinski definition) is 0. The maximum atomic E-state index is 6.47. The lowest BCUT2D eigenvalue weighted by Crippen LogP contribution is -2.41. The summed E-state index contributed by atoms with van der Waals surface area (Å²) >= 11 is 0. The second kappa shape index (κ2) is 10.5. The van der Waals surface area contributed by atoms with E-state index in [0.717, 1.165) is 36.6 Å². The van der Waals surface area contributed by atoms with Crippen LogP contribution in [-0.2, 0) is 39.1 Å². The van der Waals surface area contributed by atoms with Crippen LogP contribution in [0.15, 0.2) is 48.5 Å². The number of ether oxygens (including phenoxy) is 2. The van der Waals surface area contributed by atoms with Gasteiger partial charge in [0, 0.05) is 7.11 Å². The van der Waals surface area contributed by atoms with Crippen molar-refractivity contribution in [3.05, 3.63) is 59.7 Å². The lowest BCUT2D eigenvalue weighted by Gasteiger charge is -2.45. The van der Waals surface area contributed by atoms with E-state index in [1.165, 1.54) is 11.1 Å². The predicted octanol–water partition coefficient (Wildman–Crippen LogP) is 5.63. The minimum atomic E-state index is -0.396. The summed E-state index contributed by atoms with van der Waals surface area (Å²) in [5, 5.41) is 0. The number of hydrogen-bond acceptors (Lipinski definition) is 6. The van der Waals surface area contributed by atoms with E-state index < -0.39 is 5.60 Å². The first-order valence-corrected chi connectivity index (χ1v) is 15.1. The van der Waals surface area contributed by atoms with Gasteiger partial charge in [-0.3, -0.25) is 0 Å². The van der Waals surface area contributed by atoms with Crippen molar-refractivity contribution in [2.45, 2.75) is 121 Å². The van der Waals surface area contributed by atoms with Gasteiger partial charge in [0.15, 0.2) is 0 Å². The molecule has 6 nitrogen and oxygen atoms in total. The highest BCUT2D eigenvalue weighted by Gasteiger charge is 2.53. The molecule has 0 N–H and O–H groups in total. The molecule has 2 aliphatic heterocycles. The van der Waals surface area contributed by atoms with Crippen LogP contribution >= 0.6 is 0 Å². The zero-order valence-electron chi connectivity index (χ0n) is 26.8. The maximum Gasteiger partial charge on any atom is 0.494 e. The Kier molecular flexibility index (Phi) is 7.88. The largest absolute Gasteiger partial charge is 0.494 e. The van der Waals surface area contributed by atoms with Crippen LogP contribution in [0.2, 0.25) is 0 Å². The Hall–Kier alpha value is -1.67. The molecule has 41 heavy (non-hydrogen) atoms. The first-order valence-electron chi connectivity index (χ1n) is 15.1. The fraction of sp³-hybridized carbons (Fsp3) is 0.636. The van der Waals surface area contributed by atoms with Crippen molar-refractivity contribution in [2.24, 2.45) is 0 Å². The molecule has 0 radical (unpaired) electrons. The summed E-state index contributed by atoms with van der Waals surface area (Å²) in [6.07, 6.45) is 3.82. The van der Waals surface area contributed by atoms with Crippen LogP contribution in [0.4, 0.5) is 0 Å². The van der Waals surface area contributed by atoms with Gasteiger partial charge in [0.2, 0.25) is 0 Å². The van der Waals surface area contributed by atoms with Crippen LogP contribution in [0, 0.1) is 0 Å². The van der Waals surface area contributed by atoms with Gasteiger partial charge in [0.25, 0.3) is 0 Å². The Morgan fingerprint density at radius 2 is 0.927 bits per heavy atom. The number of methoxy groups -OCH3 is 1. The Morgan fingerprint density at radius 1 is 0.561 bits per heavy atom. The highest BCUT2D eigenvalue weighted by atomic mass is 16.7. The van der Waals surface area contributed by atoms with E-state index in [1.54, 1.807) is 7.11 Å². The van der Waals surface area contributed by atoms with Gasteiger partial charge in [-0.25, -0.2) is 0 Å². The van der Waals surface area contributed by atoms with E-state index in [0.29, 0.717) is 0 Å². The lowest BCUT2D eigenvalue weighted by atomic mass is 9.64. The molecule has 0 bridgehead atoms. The van der Waals surface area contributed by atoms with Gasteiger partial charge in [0.1, 0.15) is 6.79 Å². The number of benzene rings is 2. The van der Waals surface area contributed by atoms with Crippen LogP contribution < -0.4 is 10.9 Å². The van der Waals surface area contributed by atoms with Gasteiger partial charge in [0.05, 0.1) is 28.0 Å². The molecule has 0 atom stereocenters. The molecule has 5 rings (SSSR count). The first kappa shape index (κ1) is 30.8. The van der Waals surface area contributed by atoms with E-state index in [-0.39, 0.29) is 48.8 Å². The molecule has 3 aliphatic rings. The molecule has 8 heteroatoms. The number of rotatable bonds is 7. The molecule has 3 fully saturated rings. The second-order valence-electron chi connectivity index (χ2n) is 14.5. The van der Waals surface area contributed by atoms with Gasteiger partial charge in [-0.05, 0) is 109 Å². The van der Waals surface area contributed by atoms with Crippen molar-refractivity contribution in [3.63, 3.8) is 0 Å². The molecule has 1 aliphatic carbocycles. The highest BCUT2D eigenvalue weighted by Crippen LogP contribution is 2.49. The van der Waals surface area contributed by atoms with Crippen molar-refractivity contribution in [3.8, 4) is 0 Å². The van der Waals surface area contributed by atoms with E-state index in [1.807, 2.05) is 0 Å². The molecule has 0 spiro atoms. The third kappa shape index (κ3) is 5.57. The third-order valence-electron chi connectivity index (χ3n) is 10.7. The minimum absolute atomic E-state index is 0.0526. The molecule has 2 heterocycles. The third-order valence-corrected chi connectivity index (χ3v) is 10.7. The van der Waals surface area contributed by atoms with Crippen molar-refractivity contribution in [2.75, 3.05) is 13.9 Å². The Labute approximate surface area is 248 Å². The normalized spacial score (nSPS) is 30.1. The van der Waals surface area contributed by atoms with Gasteiger partial charge >= 0.3 is 14.2 Å². The van der Waals surface area contributed by atoms with Crippen LogP contribution in [-0.4, -0.2) is 50.5 Å². The average Bonchev–Trinajstić information content (AvgIpc) is 3.28. The Bertz CT molecular complexity index is 1180. The molecule has 0 unspecified atom stereocenters. The molecule has 2 aromatic carbocycles. The molecule has 0 aromatic heterocycles. The highest BCUT2D eigenvalue weighted by molar-refractivity contribution is 6.62. The maximum absolute atomic E-state index is 6.47. The van der Waals surface area contributed by atoms with E-state index >= 15 is 0 Å². The van der Waals surface area contributed by atoms with Gasteiger partial charge in [-0.15, -0.1) is 0 Å². The second-order valence-corrected chi connectivity index (χ2v) is 14.5. The fourth-order valence-electron chi connectivity index (χ4n) is 6.13. The van der Waals surface area contributed by atoms with Crippen molar-refractivity contribution in [1.82, 2.24) is 0 Å². The summed E-state index contributed by atoms with van der Waals surface area (Å²) in [5.41, 5.74) is 2.83. The van der Waals surface area contributed by atoms with Gasteiger partial charge in [-0.2, -0.15) is 0 Å². The van der Waals surface area contributed by atoms with E-state index in [9.17, 15) is 0 Å². The molecule has 0 amide bonds. The smallest absolute Gasteiger partial charge is 0.399 e. The summed E-state index contributed by atoms with van der Waals surface area (Å²) in [5.74, 6) is 0. The Morgan fingerprint density at radius 3 is 1.29 bits per heavy atom. The zero-order chi connectivity index (χ0) is 29.9. The standard InChI is InChI=1S/C33H48B2O6/c1-28(2)29(3,4)39-34(38-28)26-15-11-24(12-16-26)32(9)19-21-33(22-20-32,37-23-36-10)25-13-17-27(18-14-25)35-40-30(5,6)31(7,8)41-35/h11-18H,19-23H2,1-10H3. The molecule has 1 saturated carbocycles. The van der Waals surface area contributed by atoms with Crippen molar-refractivity contribution >= 4 is 25.2 Å². The van der Waals surface area contributed by atoms with Crippen molar-refractivity contribution in [1.29, 1.82) is 0 Å². The lowest BCUT2D eigenvalue weighted by molar-refractivity contribution is -0.156. The van der Waals surface area contributed by atoms with Crippen LogP contribution in [0.1, 0.15) is 99.1 Å². The summed E-state index contributed by atoms with van der Waals surface area (Å²) in [7, 11) is 0.965. The van der Waals surface area contributed by atoms with Crippen LogP contribution in [0.25, 0.3) is 0 Å². The molecular formula is C33H48B2O6. The summed E-state index contributed by atoms with van der Waals surface area (Å²) in [6, 6.07) is 17.4. The van der Waals surface area contributed by atoms with Crippen molar-refractivity contribution < 1.29 is 28.1 Å². The molecule has 2 saturated heterocycles. The predicted molar refractivity (Wildman–Crippen MR) is 165 cm³/mol. The average molecular weight is 562 g/mol. The molecular weight excluding hydrogens is 514 g/mol. The van der Waals surface area contributed by atoms with Gasteiger partial charge < -0.3 is 28.1 Å². The van der Waals surface area contributed by atoms with E-state index in [4.69, 9.17) is 28.1 Å². The topological polar surface area (TPSA) is 55.4 Å². The SMILES string of the molecule is COCOC1(c2ccc(B3OC(C)(C)C(C)(C)O3)cc2)CCC(C)(c2ccc(B3OC(C)(C)C(C)(C)O3)cc2)CC1. The summed E-state index contributed by atoms with van der Waals surface area (Å²) in [4.78, 5) is 0. The summed E-state index contributed by atoms with van der Waals surface area (Å²) in [6.45, 7) is 19.3. The molecule has 222 valence electrons. The van der Waals surface area contributed by atoms with Crippen LogP contribution in [0.3, 0.4) is 0 Å².